The summed E-state index contributed by atoms with van der Waals surface area (Å²) < 4.78 is 38.5. The van der Waals surface area contributed by atoms with Crippen molar-refractivity contribution in [1.29, 1.82) is 5.26 Å². The van der Waals surface area contributed by atoms with Gasteiger partial charge in [-0.15, -0.1) is 0 Å². The van der Waals surface area contributed by atoms with E-state index in [0.717, 1.165) is 24.7 Å². The molecule has 1 fully saturated rings. The number of nitrogens with one attached hydrogen (secondary N) is 1. The number of anilines is 2. The van der Waals surface area contributed by atoms with Crippen molar-refractivity contribution in [2.75, 3.05) is 5.32 Å². The van der Waals surface area contributed by atoms with Crippen LogP contribution in [0.5, 0.6) is 0 Å². The number of halogens is 3. The third-order valence-electron chi connectivity index (χ3n) is 3.94. The van der Waals surface area contributed by atoms with Gasteiger partial charge in [-0.2, -0.15) is 18.4 Å². The first-order valence-electron chi connectivity index (χ1n) is 7.72. The molecule has 0 spiro atoms. The summed E-state index contributed by atoms with van der Waals surface area (Å²) in [5, 5.41) is 13.7. The second-order valence-electron chi connectivity index (χ2n) is 6.56. The molecule has 0 unspecified atom stereocenters. The molecular formula is C16H16F3N5S. The monoisotopic (exact) mass is 367 g/mol. The van der Waals surface area contributed by atoms with Crippen LogP contribution in [0.1, 0.15) is 54.6 Å². The second-order valence-corrected chi connectivity index (χ2v) is 7.56. The van der Waals surface area contributed by atoms with E-state index in [-0.39, 0.29) is 11.6 Å². The van der Waals surface area contributed by atoms with Crippen LogP contribution < -0.4 is 5.32 Å². The Morgan fingerprint density at radius 2 is 1.96 bits per heavy atom. The highest BCUT2D eigenvalue weighted by atomic mass is 32.1. The van der Waals surface area contributed by atoms with Gasteiger partial charge in [0.25, 0.3) is 0 Å². The Labute approximate surface area is 147 Å². The SMILES string of the molecule is Cc1nc(Nc2sc(C(C)(C)C#N)nc2C2CC2)ncc1C(F)(F)F. The number of nitrogens with zero attached hydrogens (tertiary/aromatic N) is 4. The van der Waals surface area contributed by atoms with Gasteiger partial charge in [0.05, 0.1) is 23.0 Å². The number of aromatic nitrogens is 3. The zero-order valence-corrected chi connectivity index (χ0v) is 14.7. The zero-order chi connectivity index (χ0) is 18.4. The third kappa shape index (κ3) is 3.58. The van der Waals surface area contributed by atoms with Gasteiger partial charge >= 0.3 is 6.18 Å². The molecule has 0 atom stereocenters. The van der Waals surface area contributed by atoms with Gasteiger partial charge in [0, 0.05) is 12.1 Å². The highest BCUT2D eigenvalue weighted by molar-refractivity contribution is 7.16. The number of hydrogen-bond acceptors (Lipinski definition) is 6. The maximum atomic E-state index is 12.8. The van der Waals surface area contributed by atoms with Crippen molar-refractivity contribution in [3.63, 3.8) is 0 Å². The molecule has 2 aromatic rings. The van der Waals surface area contributed by atoms with Gasteiger partial charge in [0.2, 0.25) is 5.95 Å². The van der Waals surface area contributed by atoms with Crippen LogP contribution in [0.25, 0.3) is 0 Å². The maximum Gasteiger partial charge on any atom is 0.419 e. The summed E-state index contributed by atoms with van der Waals surface area (Å²) in [6, 6.07) is 2.22. The summed E-state index contributed by atoms with van der Waals surface area (Å²) in [5.74, 6) is 0.412. The molecule has 0 bridgehead atoms. The first-order chi connectivity index (χ1) is 11.6. The van der Waals surface area contributed by atoms with Crippen LogP contribution >= 0.6 is 11.3 Å². The number of alkyl halides is 3. The minimum atomic E-state index is -4.48. The van der Waals surface area contributed by atoms with E-state index in [1.165, 1.54) is 18.3 Å². The highest BCUT2D eigenvalue weighted by Gasteiger charge is 2.35. The normalized spacial score (nSPS) is 15.1. The standard InChI is InChI=1S/C16H16F3N5S/c1-8-10(16(17,18)19)6-21-14(22-8)24-12-11(9-4-5-9)23-13(25-12)15(2,3)7-20/h6,9H,4-5H2,1-3H3,(H,21,22,24). The van der Waals surface area contributed by atoms with Crippen molar-refractivity contribution in [1.82, 2.24) is 15.0 Å². The number of nitriles is 1. The largest absolute Gasteiger partial charge is 0.419 e. The first-order valence-corrected chi connectivity index (χ1v) is 8.54. The Kier molecular flexibility index (Phi) is 4.19. The molecular weight excluding hydrogens is 351 g/mol. The number of thiazole rings is 1. The lowest BCUT2D eigenvalue weighted by molar-refractivity contribution is -0.138. The lowest BCUT2D eigenvalue weighted by Crippen LogP contribution is -2.13. The summed E-state index contributed by atoms with van der Waals surface area (Å²) in [4.78, 5) is 12.3. The van der Waals surface area contributed by atoms with Crippen LogP contribution in [0.2, 0.25) is 0 Å². The van der Waals surface area contributed by atoms with Crippen molar-refractivity contribution >= 4 is 22.3 Å². The molecule has 3 rings (SSSR count). The Hall–Kier alpha value is -2.21. The van der Waals surface area contributed by atoms with E-state index in [1.807, 2.05) is 0 Å². The Bertz CT molecular complexity index is 846. The quantitative estimate of drug-likeness (QED) is 0.849. The van der Waals surface area contributed by atoms with Gasteiger partial charge in [-0.25, -0.2) is 15.0 Å². The van der Waals surface area contributed by atoms with Gasteiger partial charge in [-0.05, 0) is 33.6 Å². The van der Waals surface area contributed by atoms with Gasteiger partial charge in [0.15, 0.2) is 0 Å². The minimum Gasteiger partial charge on any atom is -0.314 e. The molecule has 5 nitrogen and oxygen atoms in total. The molecule has 0 aromatic carbocycles. The smallest absolute Gasteiger partial charge is 0.314 e. The van der Waals surface area contributed by atoms with E-state index in [2.05, 4.69) is 26.3 Å². The molecule has 2 aromatic heterocycles. The van der Waals surface area contributed by atoms with Gasteiger partial charge in [-0.3, -0.25) is 0 Å². The van der Waals surface area contributed by atoms with Crippen LogP contribution in [0.15, 0.2) is 6.20 Å². The average molecular weight is 367 g/mol. The molecule has 1 N–H and O–H groups in total. The van der Waals surface area contributed by atoms with Crippen LogP contribution in [-0.2, 0) is 11.6 Å². The molecule has 0 aliphatic heterocycles. The van der Waals surface area contributed by atoms with Crippen molar-refractivity contribution in [3.8, 4) is 6.07 Å². The summed E-state index contributed by atoms with van der Waals surface area (Å²) in [6.45, 7) is 4.87. The van der Waals surface area contributed by atoms with Crippen molar-refractivity contribution in [3.05, 3.63) is 28.2 Å². The molecule has 1 saturated carbocycles. The van der Waals surface area contributed by atoms with E-state index < -0.39 is 17.2 Å². The fraction of sp³-hybridized carbons (Fsp3) is 0.500. The van der Waals surface area contributed by atoms with E-state index in [1.54, 1.807) is 13.8 Å². The predicted molar refractivity (Wildman–Crippen MR) is 87.8 cm³/mol. The van der Waals surface area contributed by atoms with Crippen LogP contribution in [0.3, 0.4) is 0 Å². The maximum absolute atomic E-state index is 12.8. The number of aryl methyl sites for hydroxylation is 1. The molecule has 1 aliphatic carbocycles. The summed E-state index contributed by atoms with van der Waals surface area (Å²) in [6.07, 6.45) is -1.67. The first kappa shape index (κ1) is 17.6. The van der Waals surface area contributed by atoms with Crippen molar-refractivity contribution < 1.29 is 13.2 Å². The summed E-state index contributed by atoms with van der Waals surface area (Å²) in [7, 11) is 0. The van der Waals surface area contributed by atoms with Crippen molar-refractivity contribution in [2.24, 2.45) is 0 Å². The number of hydrogen-bond donors (Lipinski definition) is 1. The summed E-state index contributed by atoms with van der Waals surface area (Å²) >= 11 is 1.32. The molecule has 0 saturated heterocycles. The fourth-order valence-electron chi connectivity index (χ4n) is 2.28. The molecule has 1 aliphatic rings. The average Bonchev–Trinajstić information content (AvgIpc) is 3.27. The predicted octanol–water partition coefficient (Wildman–Crippen LogP) is 4.68. The fourth-order valence-corrected chi connectivity index (χ4v) is 3.37. The van der Waals surface area contributed by atoms with Crippen LogP contribution in [-0.4, -0.2) is 15.0 Å². The second kappa shape index (κ2) is 5.95. The van der Waals surface area contributed by atoms with E-state index in [0.29, 0.717) is 15.9 Å². The topological polar surface area (TPSA) is 74.5 Å². The van der Waals surface area contributed by atoms with Gasteiger partial charge in [-0.1, -0.05) is 11.3 Å². The summed E-state index contributed by atoms with van der Waals surface area (Å²) in [5.41, 5.74) is -0.883. The Morgan fingerprint density at radius 3 is 2.48 bits per heavy atom. The van der Waals surface area contributed by atoms with Gasteiger partial charge in [0.1, 0.15) is 15.4 Å². The van der Waals surface area contributed by atoms with E-state index >= 15 is 0 Å². The molecule has 2 heterocycles. The molecule has 25 heavy (non-hydrogen) atoms. The Morgan fingerprint density at radius 1 is 1.28 bits per heavy atom. The zero-order valence-electron chi connectivity index (χ0n) is 13.9. The molecule has 0 amide bonds. The lowest BCUT2D eigenvalue weighted by Gasteiger charge is -2.11. The number of rotatable bonds is 4. The Balaban J connectivity index is 1.93. The van der Waals surface area contributed by atoms with E-state index in [4.69, 9.17) is 0 Å². The van der Waals surface area contributed by atoms with E-state index in [9.17, 15) is 18.4 Å². The molecule has 132 valence electrons. The van der Waals surface area contributed by atoms with Crippen LogP contribution in [0, 0.1) is 18.3 Å². The van der Waals surface area contributed by atoms with Crippen molar-refractivity contribution in [2.45, 2.75) is 51.1 Å². The lowest BCUT2D eigenvalue weighted by atomic mass is 9.97. The highest BCUT2D eigenvalue weighted by Crippen LogP contribution is 2.47. The minimum absolute atomic E-state index is 0.0948. The third-order valence-corrected chi connectivity index (χ3v) is 5.25. The van der Waals surface area contributed by atoms with Gasteiger partial charge < -0.3 is 5.32 Å². The molecule has 9 heteroatoms. The van der Waals surface area contributed by atoms with Crippen LogP contribution in [0.4, 0.5) is 24.1 Å². The molecule has 0 radical (unpaired) electrons.